The molecule has 1 amide bonds. The van der Waals surface area contributed by atoms with Crippen molar-refractivity contribution in [1.82, 2.24) is 20.3 Å². The Morgan fingerprint density at radius 1 is 1.33 bits per heavy atom. The highest BCUT2D eigenvalue weighted by Crippen LogP contribution is 2.23. The molecule has 0 spiro atoms. The van der Waals surface area contributed by atoms with E-state index in [0.29, 0.717) is 6.54 Å². The number of aromatic carboxylic acids is 1. The summed E-state index contributed by atoms with van der Waals surface area (Å²) in [4.78, 5) is 24.8. The van der Waals surface area contributed by atoms with Crippen LogP contribution in [-0.4, -0.2) is 57.2 Å². The number of nitrogens with zero attached hydrogens (tertiary/aromatic N) is 3. The monoisotopic (exact) mass is 332 g/mol. The second-order valence-electron chi connectivity index (χ2n) is 5.21. The maximum Gasteiger partial charge on any atom is 0.410 e. The third-order valence-corrected chi connectivity index (χ3v) is 3.61. The van der Waals surface area contributed by atoms with Crippen LogP contribution in [0.1, 0.15) is 27.8 Å². The molecule has 24 heavy (non-hydrogen) atoms. The van der Waals surface area contributed by atoms with E-state index in [1.165, 1.54) is 4.90 Å². The average Bonchev–Trinajstić information content (AvgIpc) is 3.11. The van der Waals surface area contributed by atoms with Gasteiger partial charge in [0.2, 0.25) is 0 Å². The number of ether oxygens (including phenoxy) is 2. The van der Waals surface area contributed by atoms with Gasteiger partial charge in [-0.1, -0.05) is 30.3 Å². The van der Waals surface area contributed by atoms with Gasteiger partial charge < -0.3 is 19.5 Å². The van der Waals surface area contributed by atoms with E-state index < -0.39 is 18.2 Å². The number of hydrogen-bond acceptors (Lipinski definition) is 6. The van der Waals surface area contributed by atoms with E-state index in [9.17, 15) is 9.59 Å². The molecular weight excluding hydrogens is 316 g/mol. The first-order valence-corrected chi connectivity index (χ1v) is 7.36. The SMILES string of the molecule is O=C(O)c1n[nH]nc1C1CN(C(=O)OCc2ccccc2)CCO1. The summed E-state index contributed by atoms with van der Waals surface area (Å²) in [5.41, 5.74) is 0.850. The molecule has 2 heterocycles. The topological polar surface area (TPSA) is 118 Å². The molecule has 2 N–H and O–H groups in total. The Labute approximate surface area is 137 Å². The lowest BCUT2D eigenvalue weighted by Crippen LogP contribution is -2.42. The maximum atomic E-state index is 12.2. The number of hydrogen-bond donors (Lipinski definition) is 2. The third kappa shape index (κ3) is 3.51. The van der Waals surface area contributed by atoms with Crippen LogP contribution in [0.2, 0.25) is 0 Å². The van der Waals surface area contributed by atoms with Gasteiger partial charge in [-0.15, -0.1) is 5.10 Å². The number of rotatable bonds is 4. The number of aromatic nitrogens is 3. The van der Waals surface area contributed by atoms with Crippen LogP contribution in [0.25, 0.3) is 0 Å². The third-order valence-electron chi connectivity index (χ3n) is 3.61. The fraction of sp³-hybridized carbons (Fsp3) is 0.333. The van der Waals surface area contributed by atoms with Crippen LogP contribution in [0, 0.1) is 0 Å². The average molecular weight is 332 g/mol. The smallest absolute Gasteiger partial charge is 0.410 e. The molecule has 1 aliphatic heterocycles. The van der Waals surface area contributed by atoms with Crippen LogP contribution in [0.15, 0.2) is 30.3 Å². The minimum Gasteiger partial charge on any atom is -0.476 e. The van der Waals surface area contributed by atoms with Crippen LogP contribution in [0.3, 0.4) is 0 Å². The quantitative estimate of drug-likeness (QED) is 0.864. The van der Waals surface area contributed by atoms with Gasteiger partial charge in [0.25, 0.3) is 0 Å². The maximum absolute atomic E-state index is 12.2. The van der Waals surface area contributed by atoms with Crippen molar-refractivity contribution >= 4 is 12.1 Å². The summed E-state index contributed by atoms with van der Waals surface area (Å²) in [5.74, 6) is -1.20. The van der Waals surface area contributed by atoms with Gasteiger partial charge in [0.05, 0.1) is 13.2 Å². The summed E-state index contributed by atoms with van der Waals surface area (Å²) in [5, 5.41) is 18.8. The Morgan fingerprint density at radius 2 is 2.12 bits per heavy atom. The number of benzene rings is 1. The first kappa shape index (κ1) is 15.9. The van der Waals surface area contributed by atoms with E-state index in [1.54, 1.807) is 0 Å². The molecule has 1 aliphatic rings. The number of aromatic amines is 1. The van der Waals surface area contributed by atoms with Crippen molar-refractivity contribution in [3.8, 4) is 0 Å². The zero-order chi connectivity index (χ0) is 16.9. The van der Waals surface area contributed by atoms with Gasteiger partial charge in [-0.3, -0.25) is 0 Å². The van der Waals surface area contributed by atoms with Gasteiger partial charge in [-0.2, -0.15) is 10.3 Å². The molecule has 126 valence electrons. The number of nitrogens with one attached hydrogen (secondary N) is 1. The van der Waals surface area contributed by atoms with E-state index in [1.807, 2.05) is 30.3 Å². The molecule has 0 aliphatic carbocycles. The van der Waals surface area contributed by atoms with E-state index in [2.05, 4.69) is 15.4 Å². The lowest BCUT2D eigenvalue weighted by Gasteiger charge is -2.31. The predicted molar refractivity (Wildman–Crippen MR) is 80.2 cm³/mol. The number of carbonyl (C=O) groups excluding carboxylic acids is 1. The molecule has 0 saturated carbocycles. The molecule has 0 radical (unpaired) electrons. The Bertz CT molecular complexity index is 718. The highest BCUT2D eigenvalue weighted by atomic mass is 16.6. The minimum atomic E-state index is -1.20. The largest absolute Gasteiger partial charge is 0.476 e. The summed E-state index contributed by atoms with van der Waals surface area (Å²) in [6.45, 7) is 0.952. The second kappa shape index (κ2) is 7.09. The van der Waals surface area contributed by atoms with E-state index in [0.717, 1.165) is 5.56 Å². The van der Waals surface area contributed by atoms with Crippen LogP contribution >= 0.6 is 0 Å². The summed E-state index contributed by atoms with van der Waals surface area (Å²) in [6, 6.07) is 9.35. The summed E-state index contributed by atoms with van der Waals surface area (Å²) >= 11 is 0. The molecule has 9 heteroatoms. The van der Waals surface area contributed by atoms with E-state index >= 15 is 0 Å². The fourth-order valence-corrected chi connectivity index (χ4v) is 2.41. The van der Waals surface area contributed by atoms with Gasteiger partial charge in [-0.25, -0.2) is 9.59 Å². The lowest BCUT2D eigenvalue weighted by atomic mass is 10.1. The second-order valence-corrected chi connectivity index (χ2v) is 5.21. The molecule has 1 unspecified atom stereocenters. The van der Waals surface area contributed by atoms with Crippen molar-refractivity contribution in [2.75, 3.05) is 19.7 Å². The fourth-order valence-electron chi connectivity index (χ4n) is 2.41. The highest BCUT2D eigenvalue weighted by Gasteiger charge is 2.31. The zero-order valence-electron chi connectivity index (χ0n) is 12.7. The van der Waals surface area contributed by atoms with Gasteiger partial charge in [0, 0.05) is 6.54 Å². The Kier molecular flexibility index (Phi) is 4.71. The van der Waals surface area contributed by atoms with Crippen LogP contribution < -0.4 is 0 Å². The number of H-pyrrole nitrogens is 1. The lowest BCUT2D eigenvalue weighted by molar-refractivity contribution is -0.0319. The van der Waals surface area contributed by atoms with Crippen molar-refractivity contribution < 1.29 is 24.2 Å². The normalized spacial score (nSPS) is 17.5. The summed E-state index contributed by atoms with van der Waals surface area (Å²) in [6.07, 6.45) is -1.14. The predicted octanol–water partition coefficient (Wildman–Crippen LogP) is 1.21. The van der Waals surface area contributed by atoms with Gasteiger partial charge >= 0.3 is 12.1 Å². The standard InChI is InChI=1S/C15H16N4O5/c20-14(21)13-12(16-18-17-13)11-8-19(6-7-23-11)15(22)24-9-10-4-2-1-3-5-10/h1-5,11H,6-9H2,(H,20,21)(H,16,17,18). The molecule has 0 bridgehead atoms. The molecular formula is C15H16N4O5. The van der Waals surface area contributed by atoms with E-state index in [4.69, 9.17) is 14.6 Å². The van der Waals surface area contributed by atoms with Crippen molar-refractivity contribution in [3.63, 3.8) is 0 Å². The number of carbonyl (C=O) groups is 2. The number of carboxylic acids is 1. The molecule has 3 rings (SSSR count). The first-order valence-electron chi connectivity index (χ1n) is 7.36. The molecule has 9 nitrogen and oxygen atoms in total. The minimum absolute atomic E-state index is 0.153. The number of amides is 1. The Balaban J connectivity index is 1.61. The van der Waals surface area contributed by atoms with Crippen molar-refractivity contribution in [3.05, 3.63) is 47.3 Å². The number of morpholine rings is 1. The summed E-state index contributed by atoms with van der Waals surface area (Å²) < 4.78 is 10.8. The molecule has 1 saturated heterocycles. The number of carboxylic acid groups (broad SMARTS) is 1. The Morgan fingerprint density at radius 3 is 2.88 bits per heavy atom. The molecule has 1 fully saturated rings. The van der Waals surface area contributed by atoms with Gasteiger partial charge in [-0.05, 0) is 5.56 Å². The zero-order valence-corrected chi connectivity index (χ0v) is 12.7. The van der Waals surface area contributed by atoms with Crippen molar-refractivity contribution in [2.45, 2.75) is 12.7 Å². The molecule has 1 atom stereocenters. The van der Waals surface area contributed by atoms with Crippen LogP contribution in [0.4, 0.5) is 4.79 Å². The van der Waals surface area contributed by atoms with Gasteiger partial charge in [0.15, 0.2) is 5.69 Å². The Hall–Kier alpha value is -2.94. The molecule has 1 aromatic heterocycles. The van der Waals surface area contributed by atoms with E-state index in [-0.39, 0.29) is 31.1 Å². The summed E-state index contributed by atoms with van der Waals surface area (Å²) in [7, 11) is 0. The van der Waals surface area contributed by atoms with Crippen LogP contribution in [-0.2, 0) is 16.1 Å². The molecule has 1 aromatic carbocycles. The van der Waals surface area contributed by atoms with Crippen molar-refractivity contribution in [1.29, 1.82) is 0 Å². The van der Waals surface area contributed by atoms with Gasteiger partial charge in [0.1, 0.15) is 18.4 Å². The molecule has 2 aromatic rings. The van der Waals surface area contributed by atoms with Crippen LogP contribution in [0.5, 0.6) is 0 Å². The van der Waals surface area contributed by atoms with Crippen molar-refractivity contribution in [2.24, 2.45) is 0 Å². The highest BCUT2D eigenvalue weighted by molar-refractivity contribution is 5.86. The first-order chi connectivity index (χ1) is 11.6.